The zero-order valence-electron chi connectivity index (χ0n) is 17.2. The number of hydrogen-bond donors (Lipinski definition) is 2. The van der Waals surface area contributed by atoms with Crippen LogP contribution in [0, 0.1) is 11.3 Å². The zero-order chi connectivity index (χ0) is 19.1. The van der Waals surface area contributed by atoms with E-state index in [0.29, 0.717) is 12.0 Å². The second kappa shape index (κ2) is 10.8. The molecule has 2 aromatic rings. The van der Waals surface area contributed by atoms with Gasteiger partial charge in [0.05, 0.1) is 0 Å². The molecule has 1 aliphatic rings. The van der Waals surface area contributed by atoms with Gasteiger partial charge in [0.2, 0.25) is 0 Å². The van der Waals surface area contributed by atoms with Crippen molar-refractivity contribution in [2.24, 2.45) is 16.3 Å². The van der Waals surface area contributed by atoms with Crippen molar-refractivity contribution in [3.63, 3.8) is 0 Å². The maximum atomic E-state index is 4.75. The molecule has 0 amide bonds. The molecule has 0 radical (unpaired) electrons. The maximum Gasteiger partial charge on any atom is 0.191 e. The summed E-state index contributed by atoms with van der Waals surface area (Å²) >= 11 is 0. The number of guanidine groups is 1. The Labute approximate surface area is 185 Å². The SMILES string of the molecule is CCNC(=NCc1nncn1-c1ccccc1)NCC1(CC(C)C)CCC1.I. The van der Waals surface area contributed by atoms with Crippen LogP contribution >= 0.6 is 24.0 Å². The van der Waals surface area contributed by atoms with Crippen molar-refractivity contribution < 1.29 is 0 Å². The first kappa shape index (κ1) is 22.6. The van der Waals surface area contributed by atoms with Crippen molar-refractivity contribution in [2.45, 2.75) is 53.0 Å². The Kier molecular flexibility index (Phi) is 8.72. The fraction of sp³-hybridized carbons (Fsp3) is 0.571. The molecule has 28 heavy (non-hydrogen) atoms. The van der Waals surface area contributed by atoms with Gasteiger partial charge in [-0.1, -0.05) is 38.5 Å². The minimum absolute atomic E-state index is 0. The minimum atomic E-state index is 0. The van der Waals surface area contributed by atoms with Crippen molar-refractivity contribution >= 4 is 29.9 Å². The van der Waals surface area contributed by atoms with Gasteiger partial charge in [-0.3, -0.25) is 4.57 Å². The van der Waals surface area contributed by atoms with Gasteiger partial charge >= 0.3 is 0 Å². The lowest BCUT2D eigenvalue weighted by molar-refractivity contribution is 0.104. The lowest BCUT2D eigenvalue weighted by Crippen LogP contribution is -2.47. The second-order valence-corrected chi connectivity index (χ2v) is 7.95. The first-order valence-electron chi connectivity index (χ1n) is 10.1. The molecule has 6 nitrogen and oxygen atoms in total. The summed E-state index contributed by atoms with van der Waals surface area (Å²) in [6.45, 7) is 9.04. The number of para-hydroxylation sites is 1. The Morgan fingerprint density at radius 2 is 1.96 bits per heavy atom. The molecule has 1 heterocycles. The first-order chi connectivity index (χ1) is 13.1. The Morgan fingerprint density at radius 3 is 2.57 bits per heavy atom. The highest BCUT2D eigenvalue weighted by Crippen LogP contribution is 2.45. The molecular weight excluding hydrogens is 463 g/mol. The molecule has 7 heteroatoms. The summed E-state index contributed by atoms with van der Waals surface area (Å²) in [5, 5.41) is 15.2. The fourth-order valence-corrected chi connectivity index (χ4v) is 3.93. The van der Waals surface area contributed by atoms with Gasteiger partial charge in [-0.25, -0.2) is 4.99 Å². The highest BCUT2D eigenvalue weighted by atomic mass is 127. The van der Waals surface area contributed by atoms with Gasteiger partial charge in [0.1, 0.15) is 12.9 Å². The van der Waals surface area contributed by atoms with E-state index in [-0.39, 0.29) is 24.0 Å². The molecule has 1 aromatic heterocycles. The summed E-state index contributed by atoms with van der Waals surface area (Å²) in [7, 11) is 0. The van der Waals surface area contributed by atoms with Gasteiger partial charge in [0.15, 0.2) is 11.8 Å². The lowest BCUT2D eigenvalue weighted by atomic mass is 9.64. The molecule has 2 N–H and O–H groups in total. The van der Waals surface area contributed by atoms with Gasteiger partial charge < -0.3 is 10.6 Å². The van der Waals surface area contributed by atoms with Crippen LogP contribution in [0.2, 0.25) is 0 Å². The Bertz CT molecular complexity index is 736. The van der Waals surface area contributed by atoms with Crippen molar-refractivity contribution in [1.82, 2.24) is 25.4 Å². The van der Waals surface area contributed by atoms with Crippen LogP contribution in [0.25, 0.3) is 5.69 Å². The molecule has 1 fully saturated rings. The average Bonchev–Trinajstić information content (AvgIpc) is 3.10. The molecule has 1 aromatic carbocycles. The van der Waals surface area contributed by atoms with Crippen LogP contribution in [0.4, 0.5) is 0 Å². The molecular formula is C21H33IN6. The molecule has 0 saturated heterocycles. The van der Waals surface area contributed by atoms with Gasteiger partial charge in [-0.05, 0) is 49.7 Å². The van der Waals surface area contributed by atoms with Crippen molar-refractivity contribution in [1.29, 1.82) is 0 Å². The summed E-state index contributed by atoms with van der Waals surface area (Å²) < 4.78 is 1.99. The van der Waals surface area contributed by atoms with Gasteiger partial charge in [-0.15, -0.1) is 34.2 Å². The molecule has 3 rings (SSSR count). The topological polar surface area (TPSA) is 67.1 Å². The van der Waals surface area contributed by atoms with E-state index in [9.17, 15) is 0 Å². The van der Waals surface area contributed by atoms with Crippen LogP contribution in [0.1, 0.15) is 52.3 Å². The number of halogens is 1. The summed E-state index contributed by atoms with van der Waals surface area (Å²) in [4.78, 5) is 4.75. The summed E-state index contributed by atoms with van der Waals surface area (Å²) in [6, 6.07) is 10.1. The highest BCUT2D eigenvalue weighted by molar-refractivity contribution is 14.0. The van der Waals surface area contributed by atoms with Crippen LogP contribution in [-0.4, -0.2) is 33.8 Å². The predicted molar refractivity (Wildman–Crippen MR) is 125 cm³/mol. The monoisotopic (exact) mass is 496 g/mol. The molecule has 0 atom stereocenters. The predicted octanol–water partition coefficient (Wildman–Crippen LogP) is 4.16. The summed E-state index contributed by atoms with van der Waals surface area (Å²) in [5.74, 6) is 2.42. The van der Waals surface area contributed by atoms with E-state index in [2.05, 4.69) is 41.6 Å². The largest absolute Gasteiger partial charge is 0.357 e. The third kappa shape index (κ3) is 5.93. The molecule has 0 aliphatic heterocycles. The van der Waals surface area contributed by atoms with E-state index in [4.69, 9.17) is 4.99 Å². The van der Waals surface area contributed by atoms with E-state index >= 15 is 0 Å². The molecule has 1 saturated carbocycles. The summed E-state index contributed by atoms with van der Waals surface area (Å²) in [6.07, 6.45) is 7.01. The molecule has 0 spiro atoms. The normalized spacial score (nSPS) is 15.6. The smallest absolute Gasteiger partial charge is 0.191 e. The van der Waals surface area contributed by atoms with Crippen LogP contribution in [0.15, 0.2) is 41.7 Å². The standard InChI is InChI=1S/C21H32N6.HI/c1-4-22-20(24-15-21(11-8-12-21)13-17(2)3)23-14-19-26-25-16-27(19)18-9-6-5-7-10-18;/h5-7,9-10,16-17H,4,8,11-15H2,1-3H3,(H2,22,23,24);1H. The molecule has 1 aliphatic carbocycles. The highest BCUT2D eigenvalue weighted by Gasteiger charge is 2.37. The van der Waals surface area contributed by atoms with Gasteiger partial charge in [-0.2, -0.15) is 0 Å². The zero-order valence-corrected chi connectivity index (χ0v) is 19.5. The lowest BCUT2D eigenvalue weighted by Gasteiger charge is -2.43. The van der Waals surface area contributed by atoms with Crippen molar-refractivity contribution in [2.75, 3.05) is 13.1 Å². The minimum Gasteiger partial charge on any atom is -0.357 e. The molecule has 0 unspecified atom stereocenters. The van der Waals surface area contributed by atoms with E-state index < -0.39 is 0 Å². The van der Waals surface area contributed by atoms with Crippen molar-refractivity contribution in [3.8, 4) is 5.69 Å². The number of nitrogens with zero attached hydrogens (tertiary/aromatic N) is 4. The number of rotatable bonds is 8. The fourth-order valence-electron chi connectivity index (χ4n) is 3.93. The maximum absolute atomic E-state index is 4.75. The summed E-state index contributed by atoms with van der Waals surface area (Å²) in [5.41, 5.74) is 1.49. The van der Waals surface area contributed by atoms with Crippen molar-refractivity contribution in [3.05, 3.63) is 42.5 Å². The van der Waals surface area contributed by atoms with Crippen LogP contribution < -0.4 is 10.6 Å². The van der Waals surface area contributed by atoms with E-state index in [0.717, 1.165) is 36.5 Å². The molecule has 0 bridgehead atoms. The van der Waals surface area contributed by atoms with Gasteiger partial charge in [0, 0.05) is 18.8 Å². The number of hydrogen-bond acceptors (Lipinski definition) is 3. The number of nitrogens with one attached hydrogen (secondary N) is 2. The van der Waals surface area contributed by atoms with E-state index in [1.807, 2.05) is 34.9 Å². The van der Waals surface area contributed by atoms with Crippen LogP contribution in [0.3, 0.4) is 0 Å². The Hall–Kier alpha value is -1.64. The number of aromatic nitrogens is 3. The third-order valence-electron chi connectivity index (χ3n) is 5.26. The average molecular weight is 496 g/mol. The van der Waals surface area contributed by atoms with Crippen LogP contribution in [-0.2, 0) is 6.54 Å². The third-order valence-corrected chi connectivity index (χ3v) is 5.26. The Balaban J connectivity index is 0.00000280. The number of aliphatic imine (C=N–C) groups is 1. The first-order valence-corrected chi connectivity index (χ1v) is 10.1. The number of benzene rings is 1. The van der Waals surface area contributed by atoms with E-state index in [1.54, 1.807) is 6.33 Å². The quantitative estimate of drug-likeness (QED) is 0.327. The van der Waals surface area contributed by atoms with Crippen LogP contribution in [0.5, 0.6) is 0 Å². The van der Waals surface area contributed by atoms with E-state index in [1.165, 1.54) is 25.7 Å². The molecule has 154 valence electrons. The van der Waals surface area contributed by atoms with Gasteiger partial charge in [0.25, 0.3) is 0 Å². The Morgan fingerprint density at radius 1 is 1.21 bits per heavy atom. The second-order valence-electron chi connectivity index (χ2n) is 7.95.